The summed E-state index contributed by atoms with van der Waals surface area (Å²) in [6.07, 6.45) is 5.38. The van der Waals surface area contributed by atoms with Gasteiger partial charge in [0.05, 0.1) is 13.5 Å². The zero-order valence-corrected chi connectivity index (χ0v) is 13.6. The standard InChI is InChI=1S/C16H25NO5/c1-6-13(11-12(2)21-5)7-9-16(3,4)22-15(20)17-10-8-14(18)19/h7,9,11H,2,6,8,10H2,1,3-5H3,(H,17,20)(H,18,19)/b9-7+,13-11-. The summed E-state index contributed by atoms with van der Waals surface area (Å²) in [4.78, 5) is 21.9. The van der Waals surface area contributed by atoms with Crippen LogP contribution in [-0.4, -0.2) is 36.4 Å². The second kappa shape index (κ2) is 9.65. The van der Waals surface area contributed by atoms with Crippen LogP contribution in [0.2, 0.25) is 0 Å². The van der Waals surface area contributed by atoms with Crippen molar-refractivity contribution in [3.05, 3.63) is 36.1 Å². The Balaban J connectivity index is 4.57. The molecule has 0 aliphatic carbocycles. The Labute approximate surface area is 131 Å². The fourth-order valence-electron chi connectivity index (χ4n) is 1.42. The van der Waals surface area contributed by atoms with Crippen molar-refractivity contribution < 1.29 is 24.2 Å². The van der Waals surface area contributed by atoms with Gasteiger partial charge in [-0.3, -0.25) is 4.79 Å². The molecule has 0 atom stereocenters. The molecular formula is C16H25NO5. The summed E-state index contributed by atoms with van der Waals surface area (Å²) >= 11 is 0. The lowest BCUT2D eigenvalue weighted by molar-refractivity contribution is -0.136. The number of alkyl carbamates (subject to hydrolysis) is 1. The molecule has 0 saturated heterocycles. The third-order valence-corrected chi connectivity index (χ3v) is 2.68. The van der Waals surface area contributed by atoms with Crippen molar-refractivity contribution in [2.75, 3.05) is 13.7 Å². The second-order valence-electron chi connectivity index (χ2n) is 5.14. The highest BCUT2D eigenvalue weighted by molar-refractivity contribution is 5.70. The fourth-order valence-corrected chi connectivity index (χ4v) is 1.42. The summed E-state index contributed by atoms with van der Waals surface area (Å²) in [7, 11) is 1.55. The monoisotopic (exact) mass is 311 g/mol. The molecule has 0 aromatic heterocycles. The minimum Gasteiger partial charge on any atom is -0.497 e. The maximum absolute atomic E-state index is 11.6. The molecule has 22 heavy (non-hydrogen) atoms. The molecule has 1 amide bonds. The third-order valence-electron chi connectivity index (χ3n) is 2.68. The lowest BCUT2D eigenvalue weighted by Gasteiger charge is -2.21. The van der Waals surface area contributed by atoms with Gasteiger partial charge in [-0.05, 0) is 38.0 Å². The van der Waals surface area contributed by atoms with E-state index >= 15 is 0 Å². The van der Waals surface area contributed by atoms with Crippen LogP contribution in [0.5, 0.6) is 0 Å². The summed E-state index contributed by atoms with van der Waals surface area (Å²) in [5.41, 5.74) is 0.158. The first-order valence-corrected chi connectivity index (χ1v) is 7.01. The number of hydrogen-bond donors (Lipinski definition) is 2. The molecule has 0 bridgehead atoms. The van der Waals surface area contributed by atoms with E-state index in [0.717, 1.165) is 12.0 Å². The Morgan fingerprint density at radius 3 is 2.50 bits per heavy atom. The molecule has 6 heteroatoms. The molecule has 124 valence electrons. The van der Waals surface area contributed by atoms with Gasteiger partial charge in [0.2, 0.25) is 0 Å². The van der Waals surface area contributed by atoms with Crippen molar-refractivity contribution in [2.45, 2.75) is 39.2 Å². The Morgan fingerprint density at radius 1 is 1.36 bits per heavy atom. The predicted molar refractivity (Wildman–Crippen MR) is 84.5 cm³/mol. The first-order valence-electron chi connectivity index (χ1n) is 7.01. The highest BCUT2D eigenvalue weighted by atomic mass is 16.6. The van der Waals surface area contributed by atoms with Gasteiger partial charge in [0.15, 0.2) is 0 Å². The summed E-state index contributed by atoms with van der Waals surface area (Å²) in [6, 6.07) is 0. The summed E-state index contributed by atoms with van der Waals surface area (Å²) in [5, 5.41) is 10.9. The first-order chi connectivity index (χ1) is 10.2. The number of rotatable bonds is 9. The van der Waals surface area contributed by atoms with Crippen molar-refractivity contribution in [1.82, 2.24) is 5.32 Å². The first kappa shape index (κ1) is 19.8. The molecule has 0 rings (SSSR count). The van der Waals surface area contributed by atoms with Gasteiger partial charge in [-0.2, -0.15) is 0 Å². The van der Waals surface area contributed by atoms with Crippen molar-refractivity contribution in [3.63, 3.8) is 0 Å². The normalized spacial score (nSPS) is 12.1. The molecule has 0 spiro atoms. The van der Waals surface area contributed by atoms with Crippen LogP contribution in [0, 0.1) is 0 Å². The quantitative estimate of drug-likeness (QED) is 0.505. The largest absolute Gasteiger partial charge is 0.497 e. The number of hydrogen-bond acceptors (Lipinski definition) is 4. The van der Waals surface area contributed by atoms with Gasteiger partial charge in [-0.1, -0.05) is 19.6 Å². The minimum atomic E-state index is -0.976. The topological polar surface area (TPSA) is 84.9 Å². The van der Waals surface area contributed by atoms with Crippen molar-refractivity contribution in [3.8, 4) is 0 Å². The van der Waals surface area contributed by atoms with Crippen molar-refractivity contribution in [1.29, 1.82) is 0 Å². The second-order valence-corrected chi connectivity index (χ2v) is 5.14. The molecule has 0 heterocycles. The van der Waals surface area contributed by atoms with E-state index in [1.807, 2.05) is 13.0 Å². The Kier molecular flexibility index (Phi) is 8.67. The molecule has 0 unspecified atom stereocenters. The van der Waals surface area contributed by atoms with Crippen molar-refractivity contribution in [2.24, 2.45) is 0 Å². The van der Waals surface area contributed by atoms with E-state index < -0.39 is 17.7 Å². The zero-order chi connectivity index (χ0) is 17.2. The van der Waals surface area contributed by atoms with Crippen LogP contribution in [0.1, 0.15) is 33.6 Å². The highest BCUT2D eigenvalue weighted by Crippen LogP contribution is 2.15. The van der Waals surface area contributed by atoms with E-state index in [0.29, 0.717) is 5.76 Å². The van der Waals surface area contributed by atoms with E-state index in [1.165, 1.54) is 0 Å². The van der Waals surface area contributed by atoms with E-state index in [1.54, 1.807) is 33.1 Å². The molecule has 0 aliphatic heterocycles. The van der Waals surface area contributed by atoms with E-state index in [4.69, 9.17) is 14.6 Å². The van der Waals surface area contributed by atoms with Gasteiger partial charge in [-0.25, -0.2) is 4.79 Å². The van der Waals surface area contributed by atoms with Crippen LogP contribution in [-0.2, 0) is 14.3 Å². The number of methoxy groups -OCH3 is 1. The van der Waals surface area contributed by atoms with Gasteiger partial charge >= 0.3 is 12.1 Å². The average Bonchev–Trinajstić information content (AvgIpc) is 2.42. The molecule has 0 fully saturated rings. The molecule has 0 saturated carbocycles. The SMILES string of the molecule is C=C(/C=C(\C=C\C(C)(C)OC(=O)NCCC(=O)O)CC)OC. The lowest BCUT2D eigenvalue weighted by Crippen LogP contribution is -2.34. The number of carbonyl (C=O) groups is 2. The highest BCUT2D eigenvalue weighted by Gasteiger charge is 2.19. The molecule has 6 nitrogen and oxygen atoms in total. The Morgan fingerprint density at radius 2 is 2.00 bits per heavy atom. The summed E-state index contributed by atoms with van der Waals surface area (Å²) < 4.78 is 10.2. The van der Waals surface area contributed by atoms with E-state index in [2.05, 4.69) is 11.9 Å². The molecule has 0 aliphatic rings. The van der Waals surface area contributed by atoms with Crippen LogP contribution in [0.4, 0.5) is 4.79 Å². The molecule has 0 radical (unpaired) electrons. The smallest absolute Gasteiger partial charge is 0.407 e. The van der Waals surface area contributed by atoms with Gasteiger partial charge in [0.1, 0.15) is 11.4 Å². The number of nitrogens with one attached hydrogen (secondary N) is 1. The fraction of sp³-hybridized carbons (Fsp3) is 0.500. The van der Waals surface area contributed by atoms with Gasteiger partial charge in [0, 0.05) is 6.54 Å². The minimum absolute atomic E-state index is 0.0295. The maximum Gasteiger partial charge on any atom is 0.407 e. The van der Waals surface area contributed by atoms with Crippen molar-refractivity contribution >= 4 is 12.1 Å². The summed E-state index contributed by atoms with van der Waals surface area (Å²) in [6.45, 7) is 9.22. The Bertz CT molecular complexity index is 463. The molecule has 0 aromatic rings. The average molecular weight is 311 g/mol. The Hall–Kier alpha value is -2.24. The zero-order valence-electron chi connectivity index (χ0n) is 13.6. The van der Waals surface area contributed by atoms with Crippen LogP contribution in [0.3, 0.4) is 0 Å². The predicted octanol–water partition coefficient (Wildman–Crippen LogP) is 3.02. The number of carbonyl (C=O) groups excluding carboxylic acids is 1. The number of carboxylic acid groups (broad SMARTS) is 1. The van der Waals surface area contributed by atoms with Gasteiger partial charge < -0.3 is 19.9 Å². The van der Waals surface area contributed by atoms with E-state index in [9.17, 15) is 9.59 Å². The van der Waals surface area contributed by atoms with Crippen LogP contribution in [0.15, 0.2) is 36.1 Å². The number of ether oxygens (including phenoxy) is 2. The van der Waals surface area contributed by atoms with Gasteiger partial charge in [0.25, 0.3) is 0 Å². The van der Waals surface area contributed by atoms with Crippen LogP contribution < -0.4 is 5.32 Å². The van der Waals surface area contributed by atoms with E-state index in [-0.39, 0.29) is 13.0 Å². The maximum atomic E-state index is 11.6. The van der Waals surface area contributed by atoms with Gasteiger partial charge in [-0.15, -0.1) is 0 Å². The molecule has 0 aromatic carbocycles. The number of allylic oxidation sites excluding steroid dienone is 3. The number of amides is 1. The summed E-state index contributed by atoms with van der Waals surface area (Å²) in [5.74, 6) is -0.429. The molecule has 2 N–H and O–H groups in total. The van der Waals surface area contributed by atoms with Crippen LogP contribution >= 0.6 is 0 Å². The lowest BCUT2D eigenvalue weighted by atomic mass is 10.1. The number of aliphatic carboxylic acids is 1. The molecular weight excluding hydrogens is 286 g/mol. The third kappa shape index (κ3) is 9.63. The van der Waals surface area contributed by atoms with Crippen LogP contribution in [0.25, 0.3) is 0 Å². The number of carboxylic acids is 1.